The molecule has 0 aliphatic carbocycles. The van der Waals surface area contributed by atoms with Gasteiger partial charge in [0.1, 0.15) is 5.82 Å². The summed E-state index contributed by atoms with van der Waals surface area (Å²) in [5.41, 5.74) is 4.60. The van der Waals surface area contributed by atoms with Crippen molar-refractivity contribution in [2.24, 2.45) is 0 Å². The molecule has 1 N–H and O–H groups in total. The summed E-state index contributed by atoms with van der Waals surface area (Å²) in [6.07, 6.45) is 3.33. The van der Waals surface area contributed by atoms with Crippen molar-refractivity contribution in [1.82, 2.24) is 15.3 Å². The van der Waals surface area contributed by atoms with E-state index in [0.29, 0.717) is 17.0 Å². The van der Waals surface area contributed by atoms with Crippen molar-refractivity contribution in [1.29, 1.82) is 0 Å². The number of amides is 1. The van der Waals surface area contributed by atoms with E-state index in [0.717, 1.165) is 22.3 Å². The fraction of sp³-hybridized carbons (Fsp3) is 0.190. The molecule has 0 fully saturated rings. The van der Waals surface area contributed by atoms with Gasteiger partial charge in [0.05, 0.1) is 0 Å². The van der Waals surface area contributed by atoms with Crippen LogP contribution in [0.25, 0.3) is 11.1 Å². The number of aromatic nitrogens is 2. The van der Waals surface area contributed by atoms with Gasteiger partial charge >= 0.3 is 0 Å². The molecule has 0 aliphatic rings. The van der Waals surface area contributed by atoms with Crippen LogP contribution in [0.1, 0.15) is 32.9 Å². The summed E-state index contributed by atoms with van der Waals surface area (Å²) >= 11 is -2.24. The number of rotatable bonds is 6. The molecule has 6 nitrogen and oxygen atoms in total. The Morgan fingerprint density at radius 1 is 1.00 bits per heavy atom. The van der Waals surface area contributed by atoms with E-state index in [-0.39, 0.29) is 18.2 Å². The van der Waals surface area contributed by atoms with Crippen LogP contribution in [0.3, 0.4) is 0 Å². The molecular weight excluding hydrogens is 374 g/mol. The first-order valence-electron chi connectivity index (χ1n) is 8.73. The molecule has 1 atom stereocenters. The van der Waals surface area contributed by atoms with E-state index in [1.54, 1.807) is 37.5 Å². The Hall–Kier alpha value is -2.90. The van der Waals surface area contributed by atoms with Gasteiger partial charge in [-0.2, -0.15) is 0 Å². The number of hydrogen-bond acceptors (Lipinski definition) is 5. The minimum Gasteiger partial charge on any atom is -0.772 e. The zero-order valence-corrected chi connectivity index (χ0v) is 16.5. The first-order chi connectivity index (χ1) is 13.4. The number of carbonyl (C=O) groups is 1. The summed E-state index contributed by atoms with van der Waals surface area (Å²) in [7, 11) is 0. The summed E-state index contributed by atoms with van der Waals surface area (Å²) in [4.78, 5) is 20.9. The van der Waals surface area contributed by atoms with Crippen LogP contribution in [-0.4, -0.2) is 24.6 Å². The van der Waals surface area contributed by atoms with Crippen LogP contribution in [0.4, 0.5) is 0 Å². The predicted octanol–water partition coefficient (Wildman–Crippen LogP) is 3.07. The lowest BCUT2D eigenvalue weighted by Gasteiger charge is -2.12. The fourth-order valence-corrected chi connectivity index (χ4v) is 3.19. The molecule has 1 heterocycles. The van der Waals surface area contributed by atoms with Crippen molar-refractivity contribution < 1.29 is 13.6 Å². The molecule has 0 bridgehead atoms. The lowest BCUT2D eigenvalue weighted by Crippen LogP contribution is -2.23. The Morgan fingerprint density at radius 2 is 1.68 bits per heavy atom. The molecule has 3 rings (SSSR count). The fourth-order valence-electron chi connectivity index (χ4n) is 2.75. The Labute approximate surface area is 166 Å². The molecule has 0 radical (unpaired) electrons. The Kier molecular flexibility index (Phi) is 6.28. The third kappa shape index (κ3) is 5.31. The van der Waals surface area contributed by atoms with Gasteiger partial charge in [-0.15, -0.1) is 0 Å². The number of benzene rings is 2. The van der Waals surface area contributed by atoms with Gasteiger partial charge < -0.3 is 9.87 Å². The number of hydrogen-bond donors (Lipinski definition) is 1. The van der Waals surface area contributed by atoms with Crippen LogP contribution in [0.15, 0.2) is 54.9 Å². The molecule has 144 valence electrons. The Morgan fingerprint density at radius 3 is 2.32 bits per heavy atom. The largest absolute Gasteiger partial charge is 0.772 e. The first-order valence-corrected chi connectivity index (χ1v) is 9.98. The smallest absolute Gasteiger partial charge is 0.251 e. The van der Waals surface area contributed by atoms with Gasteiger partial charge in [0.15, 0.2) is 0 Å². The normalized spacial score (nSPS) is 11.8. The SMILES string of the molecule is Cc1ccc(-c2cc(CS(=O)[O-])cc(C(=O)NCc3cnc(C)nc3)c2)cc1. The van der Waals surface area contributed by atoms with Crippen LogP contribution in [0, 0.1) is 13.8 Å². The zero-order valence-electron chi connectivity index (χ0n) is 15.6. The Bertz CT molecular complexity index is 1000. The third-order valence-electron chi connectivity index (χ3n) is 4.21. The highest BCUT2D eigenvalue weighted by molar-refractivity contribution is 7.78. The van der Waals surface area contributed by atoms with Crippen molar-refractivity contribution in [3.63, 3.8) is 0 Å². The molecule has 1 unspecified atom stereocenters. The maximum atomic E-state index is 12.7. The van der Waals surface area contributed by atoms with Crippen LogP contribution in [0.5, 0.6) is 0 Å². The maximum absolute atomic E-state index is 12.7. The average molecular weight is 394 g/mol. The van der Waals surface area contributed by atoms with Gasteiger partial charge in [0.2, 0.25) is 0 Å². The van der Waals surface area contributed by atoms with Crippen LogP contribution < -0.4 is 5.32 Å². The van der Waals surface area contributed by atoms with Crippen molar-refractivity contribution in [3.05, 3.63) is 82.9 Å². The monoisotopic (exact) mass is 394 g/mol. The topological polar surface area (TPSA) is 95.0 Å². The minimum atomic E-state index is -2.24. The quantitative estimate of drug-likeness (QED) is 0.648. The molecule has 7 heteroatoms. The van der Waals surface area contributed by atoms with Gasteiger partial charge in [-0.1, -0.05) is 47.0 Å². The summed E-state index contributed by atoms with van der Waals surface area (Å²) in [5, 5.41) is 2.83. The summed E-state index contributed by atoms with van der Waals surface area (Å²) < 4.78 is 22.3. The average Bonchev–Trinajstić information content (AvgIpc) is 2.67. The highest BCUT2D eigenvalue weighted by atomic mass is 32.2. The second-order valence-corrected chi connectivity index (χ2v) is 7.45. The van der Waals surface area contributed by atoms with Gasteiger partial charge in [0, 0.05) is 35.8 Å². The van der Waals surface area contributed by atoms with Crippen molar-refractivity contribution in [2.75, 3.05) is 0 Å². The second-order valence-electron chi connectivity index (χ2n) is 6.55. The standard InChI is InChI=1S/C21H21N3O3S/c1-14-3-5-18(6-4-14)19-7-16(13-28(26)27)8-20(9-19)21(25)24-12-17-10-22-15(2)23-11-17/h3-11H,12-13H2,1-2H3,(H,24,25)(H,26,27)/p-1. The minimum absolute atomic E-state index is 0.147. The lowest BCUT2D eigenvalue weighted by atomic mass is 9.99. The molecule has 0 saturated carbocycles. The van der Waals surface area contributed by atoms with Crippen LogP contribution in [0.2, 0.25) is 0 Å². The first kappa shape index (κ1) is 19.9. The van der Waals surface area contributed by atoms with E-state index >= 15 is 0 Å². The molecule has 0 aliphatic heterocycles. The summed E-state index contributed by atoms with van der Waals surface area (Å²) in [6, 6.07) is 13.0. The molecule has 0 saturated heterocycles. The molecular formula is C21H20N3O3S-. The van der Waals surface area contributed by atoms with Crippen LogP contribution in [-0.2, 0) is 23.4 Å². The molecule has 3 aromatic rings. The number of carbonyl (C=O) groups excluding carboxylic acids is 1. The van der Waals surface area contributed by atoms with Crippen molar-refractivity contribution in [3.8, 4) is 11.1 Å². The molecule has 1 aromatic heterocycles. The summed E-state index contributed by atoms with van der Waals surface area (Å²) in [5.74, 6) is 0.231. The highest BCUT2D eigenvalue weighted by Gasteiger charge is 2.11. The van der Waals surface area contributed by atoms with Crippen LogP contribution >= 0.6 is 0 Å². The molecule has 2 aromatic carbocycles. The second kappa shape index (κ2) is 8.86. The lowest BCUT2D eigenvalue weighted by molar-refractivity contribution is 0.0950. The molecule has 0 spiro atoms. The van der Waals surface area contributed by atoms with Gasteiger partial charge in [-0.05, 0) is 42.7 Å². The van der Waals surface area contributed by atoms with E-state index in [9.17, 15) is 13.6 Å². The highest BCUT2D eigenvalue weighted by Crippen LogP contribution is 2.24. The predicted molar refractivity (Wildman–Crippen MR) is 107 cm³/mol. The van der Waals surface area contributed by atoms with E-state index in [4.69, 9.17) is 0 Å². The van der Waals surface area contributed by atoms with Gasteiger partial charge in [0.25, 0.3) is 5.91 Å². The van der Waals surface area contributed by atoms with E-state index in [1.165, 1.54) is 0 Å². The number of aryl methyl sites for hydroxylation is 2. The van der Waals surface area contributed by atoms with Gasteiger partial charge in [-0.3, -0.25) is 9.00 Å². The number of nitrogens with one attached hydrogen (secondary N) is 1. The number of nitrogens with zero attached hydrogens (tertiary/aromatic N) is 2. The molecule has 28 heavy (non-hydrogen) atoms. The Balaban J connectivity index is 1.86. The maximum Gasteiger partial charge on any atom is 0.251 e. The third-order valence-corrected chi connectivity index (χ3v) is 4.78. The van der Waals surface area contributed by atoms with Crippen molar-refractivity contribution >= 4 is 17.0 Å². The summed E-state index contributed by atoms with van der Waals surface area (Å²) in [6.45, 7) is 4.07. The van der Waals surface area contributed by atoms with E-state index in [2.05, 4.69) is 15.3 Å². The molecule has 1 amide bonds. The van der Waals surface area contributed by atoms with E-state index in [1.807, 2.05) is 31.2 Å². The van der Waals surface area contributed by atoms with Gasteiger partial charge in [-0.25, -0.2) is 9.97 Å². The van der Waals surface area contributed by atoms with Crippen molar-refractivity contribution in [2.45, 2.75) is 26.1 Å². The zero-order chi connectivity index (χ0) is 20.1. The van der Waals surface area contributed by atoms with E-state index < -0.39 is 11.1 Å².